The van der Waals surface area contributed by atoms with Crippen molar-refractivity contribution < 1.29 is 38.9 Å². The van der Waals surface area contributed by atoms with Gasteiger partial charge in [-0.05, 0) is 12.1 Å². The number of ketones is 2. The van der Waals surface area contributed by atoms with Crippen molar-refractivity contribution in [3.63, 3.8) is 0 Å². The van der Waals surface area contributed by atoms with E-state index in [0.29, 0.717) is 0 Å². The summed E-state index contributed by atoms with van der Waals surface area (Å²) in [6.07, 6.45) is 0. The zero-order chi connectivity index (χ0) is 18.8. The lowest BCUT2D eigenvalue weighted by molar-refractivity contribution is -0.140. The third-order valence-electron chi connectivity index (χ3n) is 3.70. The molecule has 0 unspecified atom stereocenters. The summed E-state index contributed by atoms with van der Waals surface area (Å²) < 4.78 is 10.3. The first kappa shape index (κ1) is 17.2. The summed E-state index contributed by atoms with van der Waals surface area (Å²) in [6, 6.07) is 8.57. The van der Waals surface area contributed by atoms with Crippen molar-refractivity contribution in [2.45, 2.75) is 0 Å². The van der Waals surface area contributed by atoms with Gasteiger partial charge in [0.05, 0.1) is 11.1 Å². The average molecular weight is 356 g/mol. The van der Waals surface area contributed by atoms with Crippen LogP contribution in [-0.4, -0.2) is 46.9 Å². The minimum absolute atomic E-state index is 0.00856. The molecule has 0 saturated heterocycles. The van der Waals surface area contributed by atoms with Crippen molar-refractivity contribution >= 4 is 23.5 Å². The first-order valence-electron chi connectivity index (χ1n) is 7.44. The number of carbonyl (C=O) groups is 4. The molecule has 0 aromatic heterocycles. The Kier molecular flexibility index (Phi) is 4.40. The molecule has 0 saturated carbocycles. The maximum Gasteiger partial charge on any atom is 0.341 e. The first-order valence-corrected chi connectivity index (χ1v) is 7.44. The summed E-state index contributed by atoms with van der Waals surface area (Å²) in [5.41, 5.74) is 0.0248. The van der Waals surface area contributed by atoms with Gasteiger partial charge in [-0.3, -0.25) is 9.59 Å². The van der Waals surface area contributed by atoms with Crippen LogP contribution >= 0.6 is 0 Å². The van der Waals surface area contributed by atoms with Crippen LogP contribution < -0.4 is 9.47 Å². The smallest absolute Gasteiger partial charge is 0.341 e. The van der Waals surface area contributed by atoms with E-state index in [2.05, 4.69) is 0 Å². The number of carboxylic acids is 2. The molecule has 132 valence electrons. The Morgan fingerprint density at radius 3 is 1.46 bits per heavy atom. The van der Waals surface area contributed by atoms with Crippen LogP contribution in [-0.2, 0) is 9.59 Å². The van der Waals surface area contributed by atoms with Crippen LogP contribution in [0.4, 0.5) is 0 Å². The minimum Gasteiger partial charge on any atom is -0.481 e. The topological polar surface area (TPSA) is 127 Å². The first-order chi connectivity index (χ1) is 12.4. The lowest BCUT2D eigenvalue weighted by Gasteiger charge is -2.21. The van der Waals surface area contributed by atoms with Crippen molar-refractivity contribution in [1.82, 2.24) is 0 Å². The number of aliphatic carboxylic acids is 2. The summed E-state index contributed by atoms with van der Waals surface area (Å²) in [5.74, 6) is -3.52. The van der Waals surface area contributed by atoms with E-state index in [4.69, 9.17) is 19.7 Å². The molecule has 2 aromatic carbocycles. The number of benzene rings is 2. The zero-order valence-corrected chi connectivity index (χ0v) is 13.2. The van der Waals surface area contributed by atoms with Gasteiger partial charge in [-0.2, -0.15) is 0 Å². The maximum atomic E-state index is 12.9. The molecule has 1 aliphatic carbocycles. The number of rotatable bonds is 6. The van der Waals surface area contributed by atoms with Gasteiger partial charge in [0.15, 0.2) is 24.8 Å². The van der Waals surface area contributed by atoms with Gasteiger partial charge in [-0.25, -0.2) is 9.59 Å². The molecule has 0 bridgehead atoms. The lowest BCUT2D eigenvalue weighted by Crippen LogP contribution is -2.24. The molecule has 0 heterocycles. The molecule has 26 heavy (non-hydrogen) atoms. The molecular formula is C18H12O8. The van der Waals surface area contributed by atoms with Gasteiger partial charge in [0.2, 0.25) is 0 Å². The van der Waals surface area contributed by atoms with Crippen LogP contribution in [0.2, 0.25) is 0 Å². The van der Waals surface area contributed by atoms with E-state index in [1.807, 2.05) is 0 Å². The average Bonchev–Trinajstić information content (AvgIpc) is 2.62. The Morgan fingerprint density at radius 1 is 0.731 bits per heavy atom. The Hall–Kier alpha value is -3.68. The summed E-state index contributed by atoms with van der Waals surface area (Å²) in [5, 5.41) is 17.5. The number of fused-ring (bicyclic) bond motifs is 2. The molecule has 2 aromatic rings. The highest BCUT2D eigenvalue weighted by molar-refractivity contribution is 6.30. The number of hydrogen-bond donors (Lipinski definition) is 2. The number of hydrogen-bond acceptors (Lipinski definition) is 6. The van der Waals surface area contributed by atoms with Crippen molar-refractivity contribution in [2.75, 3.05) is 13.2 Å². The minimum atomic E-state index is -1.22. The Balaban J connectivity index is 2.08. The molecule has 0 fully saturated rings. The van der Waals surface area contributed by atoms with E-state index in [0.717, 1.165) is 0 Å². The molecule has 1 aliphatic rings. The Bertz CT molecular complexity index is 867. The second-order valence-corrected chi connectivity index (χ2v) is 5.38. The fourth-order valence-corrected chi connectivity index (χ4v) is 2.70. The van der Waals surface area contributed by atoms with E-state index in [1.165, 1.54) is 36.4 Å². The summed E-state index contributed by atoms with van der Waals surface area (Å²) >= 11 is 0. The van der Waals surface area contributed by atoms with Gasteiger partial charge in [0.1, 0.15) is 11.5 Å². The van der Waals surface area contributed by atoms with Crippen LogP contribution in [0.15, 0.2) is 36.4 Å². The van der Waals surface area contributed by atoms with Crippen LogP contribution in [0.3, 0.4) is 0 Å². The van der Waals surface area contributed by atoms with Gasteiger partial charge >= 0.3 is 11.9 Å². The highest BCUT2D eigenvalue weighted by Gasteiger charge is 2.34. The number of ether oxygens (including phenoxy) is 2. The van der Waals surface area contributed by atoms with Crippen molar-refractivity contribution in [1.29, 1.82) is 0 Å². The monoisotopic (exact) mass is 356 g/mol. The predicted molar refractivity (Wildman–Crippen MR) is 86.0 cm³/mol. The van der Waals surface area contributed by atoms with Crippen molar-refractivity contribution in [3.8, 4) is 11.5 Å². The lowest BCUT2D eigenvalue weighted by atomic mass is 9.83. The van der Waals surface area contributed by atoms with Gasteiger partial charge < -0.3 is 19.7 Å². The van der Waals surface area contributed by atoms with E-state index < -0.39 is 36.7 Å². The molecule has 0 aliphatic heterocycles. The Labute approximate surface area is 146 Å². The van der Waals surface area contributed by atoms with E-state index in [9.17, 15) is 19.2 Å². The normalized spacial score (nSPS) is 12.2. The SMILES string of the molecule is O=C(O)COc1cccc2c1C(=O)c1cccc(OCC(=O)O)c1C2=O. The largest absolute Gasteiger partial charge is 0.481 e. The molecule has 0 spiro atoms. The van der Waals surface area contributed by atoms with Crippen LogP contribution in [0.25, 0.3) is 0 Å². The van der Waals surface area contributed by atoms with E-state index in [-0.39, 0.29) is 33.8 Å². The highest BCUT2D eigenvalue weighted by atomic mass is 16.5. The molecule has 2 N–H and O–H groups in total. The number of carboxylic acid groups (broad SMARTS) is 2. The summed E-state index contributed by atoms with van der Waals surface area (Å²) in [4.78, 5) is 47.1. The van der Waals surface area contributed by atoms with E-state index in [1.54, 1.807) is 0 Å². The predicted octanol–water partition coefficient (Wildman–Crippen LogP) is 1.39. The van der Waals surface area contributed by atoms with E-state index >= 15 is 0 Å². The second-order valence-electron chi connectivity index (χ2n) is 5.38. The zero-order valence-electron chi connectivity index (χ0n) is 13.2. The summed E-state index contributed by atoms with van der Waals surface area (Å²) in [7, 11) is 0. The maximum absolute atomic E-state index is 12.9. The van der Waals surface area contributed by atoms with Gasteiger partial charge in [-0.15, -0.1) is 0 Å². The second kappa shape index (κ2) is 6.67. The fourth-order valence-electron chi connectivity index (χ4n) is 2.70. The molecule has 8 heteroatoms. The molecular weight excluding hydrogens is 344 g/mol. The number of carbonyl (C=O) groups excluding carboxylic acids is 2. The molecule has 8 nitrogen and oxygen atoms in total. The van der Waals surface area contributed by atoms with Crippen LogP contribution in [0.5, 0.6) is 11.5 Å². The third kappa shape index (κ3) is 3.00. The Morgan fingerprint density at radius 2 is 1.12 bits per heavy atom. The van der Waals surface area contributed by atoms with Crippen molar-refractivity contribution in [2.24, 2.45) is 0 Å². The molecule has 3 rings (SSSR count). The third-order valence-corrected chi connectivity index (χ3v) is 3.70. The quantitative estimate of drug-likeness (QED) is 0.678. The van der Waals surface area contributed by atoms with Gasteiger partial charge in [0.25, 0.3) is 0 Å². The van der Waals surface area contributed by atoms with Crippen LogP contribution in [0, 0.1) is 0 Å². The molecule has 0 atom stereocenters. The van der Waals surface area contributed by atoms with Gasteiger partial charge in [0, 0.05) is 11.1 Å². The van der Waals surface area contributed by atoms with Crippen LogP contribution in [0.1, 0.15) is 31.8 Å². The molecule has 0 radical (unpaired) electrons. The standard InChI is InChI=1S/C18H12O8/c19-13(20)7-25-11-5-1-3-9-15(11)18(24)10-4-2-6-12(16(10)17(9)23)26-8-14(21)22/h1-6H,7-8H2,(H,19,20)(H,21,22). The molecule has 0 amide bonds. The highest BCUT2D eigenvalue weighted by Crippen LogP contribution is 2.37. The van der Waals surface area contributed by atoms with Crippen molar-refractivity contribution in [3.05, 3.63) is 58.7 Å². The van der Waals surface area contributed by atoms with Gasteiger partial charge in [-0.1, -0.05) is 24.3 Å². The fraction of sp³-hybridized carbons (Fsp3) is 0.111. The summed E-state index contributed by atoms with van der Waals surface area (Å²) in [6.45, 7) is -1.32.